The topological polar surface area (TPSA) is 86.7 Å². The lowest BCUT2D eigenvalue weighted by Gasteiger charge is -2.18. The van der Waals surface area contributed by atoms with Crippen LogP contribution in [0.2, 0.25) is 0 Å². The molecule has 2 N–H and O–H groups in total. The SMILES string of the molecule is CC(C)(C)c1ccc(/C=C2\SC(=S)N(CC(=O)NCC(=O)O)C2=O)cc1. The molecule has 0 radical (unpaired) electrons. The second kappa shape index (κ2) is 8.01. The molecular formula is C18H20N2O4S2. The molecule has 0 bridgehead atoms. The van der Waals surface area contributed by atoms with Gasteiger partial charge in [0.05, 0.1) is 4.91 Å². The molecule has 0 aromatic heterocycles. The number of thiocarbonyl (C=S) groups is 1. The van der Waals surface area contributed by atoms with Crippen molar-refractivity contribution in [1.82, 2.24) is 10.2 Å². The molecule has 2 amide bonds. The lowest BCUT2D eigenvalue weighted by molar-refractivity contribution is -0.138. The molecule has 1 fully saturated rings. The molecule has 1 heterocycles. The fraction of sp³-hybridized carbons (Fsp3) is 0.333. The van der Waals surface area contributed by atoms with E-state index in [-0.39, 0.29) is 22.2 Å². The van der Waals surface area contributed by atoms with E-state index in [0.29, 0.717) is 4.91 Å². The van der Waals surface area contributed by atoms with Gasteiger partial charge in [-0.15, -0.1) is 0 Å². The number of carbonyl (C=O) groups excluding carboxylic acids is 2. The fourth-order valence-corrected chi connectivity index (χ4v) is 3.50. The molecule has 138 valence electrons. The van der Waals surface area contributed by atoms with Crippen LogP contribution in [0, 0.1) is 0 Å². The number of aliphatic carboxylic acids is 1. The van der Waals surface area contributed by atoms with Gasteiger partial charge in [0, 0.05) is 0 Å². The molecule has 0 saturated carbocycles. The third kappa shape index (κ3) is 5.15. The fourth-order valence-electron chi connectivity index (χ4n) is 2.24. The van der Waals surface area contributed by atoms with Gasteiger partial charge in [-0.3, -0.25) is 19.3 Å². The van der Waals surface area contributed by atoms with Crippen molar-refractivity contribution in [2.75, 3.05) is 13.1 Å². The standard InChI is InChI=1S/C18H20N2O4S2/c1-18(2,3)12-6-4-11(5-7-12)8-13-16(24)20(17(25)26-13)10-14(21)19-9-15(22)23/h4-8H,9-10H2,1-3H3,(H,19,21)(H,22,23)/b13-8-. The quantitative estimate of drug-likeness (QED) is 0.591. The van der Waals surface area contributed by atoms with Crippen molar-refractivity contribution < 1.29 is 19.5 Å². The minimum absolute atomic E-state index is 0.0469. The number of thioether (sulfide) groups is 1. The molecule has 2 rings (SSSR count). The Kier molecular flexibility index (Phi) is 6.20. The van der Waals surface area contributed by atoms with Crippen LogP contribution in [-0.4, -0.2) is 45.2 Å². The summed E-state index contributed by atoms with van der Waals surface area (Å²) < 4.78 is 0.276. The zero-order valence-electron chi connectivity index (χ0n) is 14.7. The zero-order chi connectivity index (χ0) is 19.5. The van der Waals surface area contributed by atoms with E-state index in [0.717, 1.165) is 17.3 Å². The highest BCUT2D eigenvalue weighted by Crippen LogP contribution is 2.32. The Morgan fingerprint density at radius 2 is 1.88 bits per heavy atom. The summed E-state index contributed by atoms with van der Waals surface area (Å²) in [6, 6.07) is 7.91. The van der Waals surface area contributed by atoms with Crippen molar-refractivity contribution in [3.8, 4) is 0 Å². The molecule has 6 nitrogen and oxygen atoms in total. The average Bonchev–Trinajstić information content (AvgIpc) is 2.80. The number of carboxylic acid groups (broad SMARTS) is 1. The molecule has 26 heavy (non-hydrogen) atoms. The molecule has 8 heteroatoms. The summed E-state index contributed by atoms with van der Waals surface area (Å²) >= 11 is 6.29. The number of carboxylic acids is 1. The third-order valence-electron chi connectivity index (χ3n) is 3.69. The highest BCUT2D eigenvalue weighted by Gasteiger charge is 2.33. The summed E-state index contributed by atoms with van der Waals surface area (Å²) in [6.07, 6.45) is 1.74. The van der Waals surface area contributed by atoms with Crippen molar-refractivity contribution >= 4 is 52.2 Å². The molecule has 0 unspecified atom stereocenters. The number of carbonyl (C=O) groups is 3. The summed E-state index contributed by atoms with van der Waals surface area (Å²) in [5.74, 6) is -2.08. The van der Waals surface area contributed by atoms with Gasteiger partial charge in [0.1, 0.15) is 17.4 Å². The van der Waals surface area contributed by atoms with E-state index in [9.17, 15) is 14.4 Å². The van der Waals surface area contributed by atoms with Crippen LogP contribution in [0.4, 0.5) is 0 Å². The van der Waals surface area contributed by atoms with E-state index in [2.05, 4.69) is 26.1 Å². The van der Waals surface area contributed by atoms with Gasteiger partial charge in [-0.1, -0.05) is 69.0 Å². The maximum absolute atomic E-state index is 12.5. The van der Waals surface area contributed by atoms with Crippen molar-refractivity contribution in [2.24, 2.45) is 0 Å². The molecule has 1 aliphatic heterocycles. The molecule has 1 aromatic rings. The lowest BCUT2D eigenvalue weighted by atomic mass is 9.87. The van der Waals surface area contributed by atoms with Crippen molar-refractivity contribution in [3.63, 3.8) is 0 Å². The molecule has 1 aromatic carbocycles. The van der Waals surface area contributed by atoms with E-state index in [1.165, 1.54) is 10.5 Å². The van der Waals surface area contributed by atoms with E-state index in [4.69, 9.17) is 17.3 Å². The Morgan fingerprint density at radius 1 is 1.27 bits per heavy atom. The van der Waals surface area contributed by atoms with Crippen LogP contribution in [0.1, 0.15) is 31.9 Å². The van der Waals surface area contributed by atoms with Gasteiger partial charge in [0.15, 0.2) is 0 Å². The number of nitrogens with one attached hydrogen (secondary N) is 1. The summed E-state index contributed by atoms with van der Waals surface area (Å²) in [5, 5.41) is 10.8. The Labute approximate surface area is 161 Å². The molecule has 1 aliphatic rings. The van der Waals surface area contributed by atoms with Crippen LogP contribution in [0.5, 0.6) is 0 Å². The third-order valence-corrected chi connectivity index (χ3v) is 5.06. The van der Waals surface area contributed by atoms with E-state index >= 15 is 0 Å². The first kappa shape index (κ1) is 20.1. The van der Waals surface area contributed by atoms with Crippen LogP contribution in [-0.2, 0) is 19.8 Å². The molecule has 0 spiro atoms. The Morgan fingerprint density at radius 3 is 2.42 bits per heavy atom. The van der Waals surface area contributed by atoms with Crippen molar-refractivity contribution in [1.29, 1.82) is 0 Å². The zero-order valence-corrected chi connectivity index (χ0v) is 16.4. The second-order valence-electron chi connectivity index (χ2n) is 6.81. The number of nitrogens with zero attached hydrogens (tertiary/aromatic N) is 1. The van der Waals surface area contributed by atoms with Gasteiger partial charge in [0.2, 0.25) is 5.91 Å². The Bertz CT molecular complexity index is 779. The molecular weight excluding hydrogens is 372 g/mol. The maximum Gasteiger partial charge on any atom is 0.322 e. The second-order valence-corrected chi connectivity index (χ2v) is 8.49. The number of amides is 2. The summed E-state index contributed by atoms with van der Waals surface area (Å²) in [7, 11) is 0. The summed E-state index contributed by atoms with van der Waals surface area (Å²) in [6.45, 7) is 5.59. The molecule has 0 aliphatic carbocycles. The average molecular weight is 393 g/mol. The van der Waals surface area contributed by atoms with Crippen LogP contribution in [0.3, 0.4) is 0 Å². The highest BCUT2D eigenvalue weighted by molar-refractivity contribution is 8.26. The van der Waals surface area contributed by atoms with Gasteiger partial charge in [-0.05, 0) is 22.6 Å². The molecule has 0 atom stereocenters. The monoisotopic (exact) mass is 392 g/mol. The summed E-state index contributed by atoms with van der Waals surface area (Å²) in [4.78, 5) is 36.3. The van der Waals surface area contributed by atoms with Crippen LogP contribution in [0.15, 0.2) is 29.2 Å². The van der Waals surface area contributed by atoms with Gasteiger partial charge in [0.25, 0.3) is 5.91 Å². The van der Waals surface area contributed by atoms with Gasteiger partial charge >= 0.3 is 5.97 Å². The predicted octanol–water partition coefficient (Wildman–Crippen LogP) is 2.39. The first-order valence-electron chi connectivity index (χ1n) is 7.92. The lowest BCUT2D eigenvalue weighted by Crippen LogP contribution is -2.41. The van der Waals surface area contributed by atoms with Gasteiger partial charge in [-0.25, -0.2) is 0 Å². The van der Waals surface area contributed by atoms with Gasteiger partial charge < -0.3 is 10.4 Å². The first-order chi connectivity index (χ1) is 12.1. The van der Waals surface area contributed by atoms with Crippen LogP contribution >= 0.6 is 24.0 Å². The van der Waals surface area contributed by atoms with E-state index in [1.54, 1.807) is 6.08 Å². The van der Waals surface area contributed by atoms with Gasteiger partial charge in [-0.2, -0.15) is 0 Å². The van der Waals surface area contributed by atoms with E-state index in [1.807, 2.05) is 24.3 Å². The highest BCUT2D eigenvalue weighted by atomic mass is 32.2. The number of benzene rings is 1. The van der Waals surface area contributed by atoms with E-state index < -0.39 is 18.4 Å². The predicted molar refractivity (Wildman–Crippen MR) is 106 cm³/mol. The summed E-state index contributed by atoms with van der Waals surface area (Å²) in [5.41, 5.74) is 2.11. The smallest absolute Gasteiger partial charge is 0.322 e. The Balaban J connectivity index is 2.09. The maximum atomic E-state index is 12.5. The largest absolute Gasteiger partial charge is 0.480 e. The number of hydrogen-bond donors (Lipinski definition) is 2. The normalized spacial score (nSPS) is 16.3. The first-order valence-corrected chi connectivity index (χ1v) is 9.15. The minimum Gasteiger partial charge on any atom is -0.480 e. The molecule has 1 saturated heterocycles. The van der Waals surface area contributed by atoms with Crippen molar-refractivity contribution in [2.45, 2.75) is 26.2 Å². The minimum atomic E-state index is -1.15. The van der Waals surface area contributed by atoms with Crippen molar-refractivity contribution in [3.05, 3.63) is 40.3 Å². The van der Waals surface area contributed by atoms with Crippen LogP contribution < -0.4 is 5.32 Å². The van der Waals surface area contributed by atoms with Crippen LogP contribution in [0.25, 0.3) is 6.08 Å². The number of rotatable bonds is 5. The Hall–Kier alpha value is -2.19. The number of hydrogen-bond acceptors (Lipinski definition) is 5.